The second-order valence-electron chi connectivity index (χ2n) is 8.10. The molecule has 0 saturated carbocycles. The number of nitrogens with zero attached hydrogens (tertiary/aromatic N) is 2. The predicted octanol–water partition coefficient (Wildman–Crippen LogP) is 1.98. The molecule has 0 aromatic carbocycles. The van der Waals surface area contributed by atoms with E-state index in [9.17, 15) is 4.21 Å². The van der Waals surface area contributed by atoms with Crippen molar-refractivity contribution in [3.8, 4) is 0 Å². The molecule has 0 spiro atoms. The number of guanidine groups is 1. The first-order chi connectivity index (χ1) is 12.2. The van der Waals surface area contributed by atoms with Gasteiger partial charge in [-0.2, -0.15) is 0 Å². The van der Waals surface area contributed by atoms with Crippen molar-refractivity contribution in [3.63, 3.8) is 0 Å². The number of hydrogen-bond donors (Lipinski definition) is 2. The lowest BCUT2D eigenvalue weighted by molar-refractivity contribution is 0.0532. The third-order valence-electron chi connectivity index (χ3n) is 4.36. The summed E-state index contributed by atoms with van der Waals surface area (Å²) >= 11 is 0. The molecule has 2 N–H and O–H groups in total. The summed E-state index contributed by atoms with van der Waals surface area (Å²) in [6, 6.07) is 0.447. The molecule has 1 atom stereocenters. The maximum atomic E-state index is 12.1. The minimum absolute atomic E-state index is 0.173. The maximum absolute atomic E-state index is 12.1. The lowest BCUT2D eigenvalue weighted by Crippen LogP contribution is -2.49. The van der Waals surface area contributed by atoms with Gasteiger partial charge in [-0.25, -0.2) is 0 Å². The molecular weight excluding hydrogens is 348 g/mol. The van der Waals surface area contributed by atoms with Crippen molar-refractivity contribution < 1.29 is 8.95 Å². The number of rotatable bonds is 9. The Morgan fingerprint density at radius 2 is 1.96 bits per heavy atom. The molecule has 1 aliphatic heterocycles. The number of piperidine rings is 1. The van der Waals surface area contributed by atoms with Crippen LogP contribution in [0.4, 0.5) is 0 Å². The Balaban J connectivity index is 2.36. The minimum atomic E-state index is -0.857. The molecule has 0 amide bonds. The summed E-state index contributed by atoms with van der Waals surface area (Å²) in [7, 11) is -0.857. The van der Waals surface area contributed by atoms with Crippen LogP contribution in [0.3, 0.4) is 0 Å². The lowest BCUT2D eigenvalue weighted by atomic mass is 10.1. The topological polar surface area (TPSA) is 66.0 Å². The van der Waals surface area contributed by atoms with Gasteiger partial charge in [-0.15, -0.1) is 0 Å². The Morgan fingerprint density at radius 1 is 1.31 bits per heavy atom. The van der Waals surface area contributed by atoms with Crippen molar-refractivity contribution in [1.29, 1.82) is 0 Å². The summed E-state index contributed by atoms with van der Waals surface area (Å²) in [5.74, 6) is 1.45. The molecule has 1 rings (SSSR count). The van der Waals surface area contributed by atoms with Gasteiger partial charge in [-0.05, 0) is 54.4 Å². The van der Waals surface area contributed by atoms with Crippen LogP contribution in [0.25, 0.3) is 0 Å². The molecule has 26 heavy (non-hydrogen) atoms. The van der Waals surface area contributed by atoms with Crippen molar-refractivity contribution in [2.45, 2.75) is 71.3 Å². The first kappa shape index (κ1) is 23.4. The second-order valence-corrected chi connectivity index (χ2v) is 10.4. The zero-order valence-electron chi connectivity index (χ0n) is 17.6. The Labute approximate surface area is 163 Å². The summed E-state index contributed by atoms with van der Waals surface area (Å²) in [6.45, 7) is 17.7. The summed E-state index contributed by atoms with van der Waals surface area (Å²) in [5.41, 5.74) is 0. The molecule has 154 valence electrons. The van der Waals surface area contributed by atoms with Gasteiger partial charge in [0.25, 0.3) is 0 Å². The van der Waals surface area contributed by atoms with Gasteiger partial charge in [0.05, 0.1) is 19.3 Å². The molecule has 0 aliphatic carbocycles. The fourth-order valence-electron chi connectivity index (χ4n) is 2.78. The van der Waals surface area contributed by atoms with Crippen LogP contribution in [0.1, 0.15) is 54.4 Å². The minimum Gasteiger partial charge on any atom is -0.377 e. The molecule has 0 aromatic heterocycles. The third-order valence-corrected chi connectivity index (χ3v) is 6.28. The Morgan fingerprint density at radius 3 is 2.50 bits per heavy atom. The molecule has 1 aliphatic rings. The van der Waals surface area contributed by atoms with Gasteiger partial charge in [0.2, 0.25) is 0 Å². The fourth-order valence-corrected chi connectivity index (χ4v) is 3.65. The van der Waals surface area contributed by atoms with Crippen LogP contribution in [0, 0.1) is 0 Å². The van der Waals surface area contributed by atoms with Crippen molar-refractivity contribution >= 4 is 16.8 Å². The summed E-state index contributed by atoms with van der Waals surface area (Å²) in [5, 5.41) is 6.85. The van der Waals surface area contributed by atoms with Gasteiger partial charge < -0.3 is 20.3 Å². The highest BCUT2D eigenvalue weighted by Crippen LogP contribution is 2.11. The van der Waals surface area contributed by atoms with E-state index in [1.54, 1.807) is 0 Å². The van der Waals surface area contributed by atoms with Gasteiger partial charge in [-0.3, -0.25) is 9.20 Å². The molecule has 1 unspecified atom stereocenters. The number of hydrogen-bond acceptors (Lipinski definition) is 4. The monoisotopic (exact) mass is 388 g/mol. The maximum Gasteiger partial charge on any atom is 0.191 e. The Hall–Kier alpha value is -0.660. The third kappa shape index (κ3) is 9.88. The normalized spacial score (nSPS) is 19.0. The molecular formula is C19H40N4O2S. The van der Waals surface area contributed by atoms with Gasteiger partial charge in [-0.1, -0.05) is 0 Å². The summed E-state index contributed by atoms with van der Waals surface area (Å²) < 4.78 is 17.6. The van der Waals surface area contributed by atoms with Gasteiger partial charge in [0, 0.05) is 53.5 Å². The average molecular weight is 389 g/mol. The molecule has 7 heteroatoms. The highest BCUT2D eigenvalue weighted by Gasteiger charge is 2.21. The number of ether oxygens (including phenoxy) is 1. The zero-order valence-corrected chi connectivity index (χ0v) is 18.5. The van der Waals surface area contributed by atoms with E-state index in [2.05, 4.69) is 41.3 Å². The van der Waals surface area contributed by atoms with Crippen LogP contribution >= 0.6 is 0 Å². The van der Waals surface area contributed by atoms with E-state index in [4.69, 9.17) is 4.74 Å². The number of nitrogens with one attached hydrogen (secondary N) is 2. The quantitative estimate of drug-likeness (QED) is 0.467. The molecule has 1 fully saturated rings. The highest BCUT2D eigenvalue weighted by atomic mass is 32.2. The van der Waals surface area contributed by atoms with Crippen LogP contribution in [-0.2, 0) is 15.5 Å². The predicted molar refractivity (Wildman–Crippen MR) is 112 cm³/mol. The van der Waals surface area contributed by atoms with Crippen LogP contribution in [0.5, 0.6) is 0 Å². The molecule has 0 radical (unpaired) electrons. The zero-order chi connectivity index (χ0) is 19.6. The van der Waals surface area contributed by atoms with E-state index in [0.29, 0.717) is 24.4 Å². The molecule has 0 aromatic rings. The fraction of sp³-hybridized carbons (Fsp3) is 0.947. The van der Waals surface area contributed by atoms with Crippen molar-refractivity contribution in [3.05, 3.63) is 0 Å². The van der Waals surface area contributed by atoms with Crippen LogP contribution in [-0.4, -0.2) is 77.0 Å². The Bertz CT molecular complexity index is 441. The lowest BCUT2D eigenvalue weighted by Gasteiger charge is -2.33. The molecule has 1 heterocycles. The van der Waals surface area contributed by atoms with Gasteiger partial charge in [0.1, 0.15) is 0 Å². The Kier molecular flexibility index (Phi) is 10.7. The van der Waals surface area contributed by atoms with E-state index >= 15 is 0 Å². The van der Waals surface area contributed by atoms with Crippen LogP contribution in [0.2, 0.25) is 0 Å². The van der Waals surface area contributed by atoms with E-state index in [0.717, 1.165) is 51.6 Å². The van der Waals surface area contributed by atoms with E-state index in [1.807, 2.05) is 20.8 Å². The SMILES string of the molecule is CCNC(=NCCS(=O)C(C)(C)C)NC1CCN(CCOC(C)C)CC1. The van der Waals surface area contributed by atoms with Gasteiger partial charge >= 0.3 is 0 Å². The van der Waals surface area contributed by atoms with Crippen molar-refractivity contribution in [1.82, 2.24) is 15.5 Å². The summed E-state index contributed by atoms with van der Waals surface area (Å²) in [4.78, 5) is 7.09. The van der Waals surface area contributed by atoms with Crippen molar-refractivity contribution in [2.75, 3.05) is 45.1 Å². The van der Waals surface area contributed by atoms with Gasteiger partial charge in [0.15, 0.2) is 5.96 Å². The smallest absolute Gasteiger partial charge is 0.191 e. The molecule has 0 bridgehead atoms. The highest BCUT2D eigenvalue weighted by molar-refractivity contribution is 7.86. The number of aliphatic imine (C=N–C) groups is 1. The van der Waals surface area contributed by atoms with E-state index in [-0.39, 0.29) is 4.75 Å². The first-order valence-electron chi connectivity index (χ1n) is 9.99. The van der Waals surface area contributed by atoms with Crippen LogP contribution in [0.15, 0.2) is 4.99 Å². The molecule has 1 saturated heterocycles. The van der Waals surface area contributed by atoms with E-state index < -0.39 is 10.8 Å². The molecule has 6 nitrogen and oxygen atoms in total. The average Bonchev–Trinajstić information content (AvgIpc) is 2.55. The van der Waals surface area contributed by atoms with Crippen molar-refractivity contribution in [2.24, 2.45) is 4.99 Å². The largest absolute Gasteiger partial charge is 0.377 e. The first-order valence-corrected chi connectivity index (χ1v) is 11.3. The number of likely N-dealkylation sites (tertiary alicyclic amines) is 1. The summed E-state index contributed by atoms with van der Waals surface area (Å²) in [6.07, 6.45) is 2.53. The van der Waals surface area contributed by atoms with Crippen LogP contribution < -0.4 is 10.6 Å². The second kappa shape index (κ2) is 11.9. The standard InChI is InChI=1S/C19H40N4O2S/c1-7-20-18(21-10-15-26(24)19(4,5)6)22-17-8-11-23(12-9-17)13-14-25-16(2)3/h16-17H,7-15H2,1-6H3,(H2,20,21,22). The van der Waals surface area contributed by atoms with E-state index in [1.165, 1.54) is 0 Å².